The van der Waals surface area contributed by atoms with E-state index in [9.17, 15) is 4.79 Å². The van der Waals surface area contributed by atoms with E-state index in [0.29, 0.717) is 24.3 Å². The van der Waals surface area contributed by atoms with Crippen molar-refractivity contribution in [2.24, 2.45) is 5.92 Å². The summed E-state index contributed by atoms with van der Waals surface area (Å²) in [6.07, 6.45) is 5.66. The third-order valence-electron chi connectivity index (χ3n) is 6.24. The summed E-state index contributed by atoms with van der Waals surface area (Å²) in [4.78, 5) is 14.9. The second kappa shape index (κ2) is 8.01. The molecule has 2 fully saturated rings. The van der Waals surface area contributed by atoms with Crippen molar-refractivity contribution in [1.82, 2.24) is 15.1 Å². The molecule has 1 saturated heterocycles. The first-order valence-electron chi connectivity index (χ1n) is 10.8. The number of hydrogen-bond acceptors (Lipinski definition) is 5. The van der Waals surface area contributed by atoms with Crippen LogP contribution in [0.2, 0.25) is 0 Å². The highest BCUT2D eigenvalue weighted by Gasteiger charge is 2.32. The Hall–Kier alpha value is -2.63. The van der Waals surface area contributed by atoms with Gasteiger partial charge in [-0.15, -0.1) is 5.10 Å². The zero-order valence-corrected chi connectivity index (χ0v) is 16.6. The predicted molar refractivity (Wildman–Crippen MR) is 108 cm³/mol. The van der Waals surface area contributed by atoms with Crippen molar-refractivity contribution < 1.29 is 14.3 Å². The molecule has 1 unspecified atom stereocenters. The number of para-hydroxylation sites is 1. The quantitative estimate of drug-likeness (QED) is 0.779. The number of piperidine rings is 1. The Morgan fingerprint density at radius 2 is 1.86 bits per heavy atom. The smallest absolute Gasteiger partial charge is 0.263 e. The van der Waals surface area contributed by atoms with Crippen LogP contribution in [0.15, 0.2) is 36.4 Å². The fourth-order valence-corrected chi connectivity index (χ4v) is 4.23. The SMILES string of the molecule is O=C(C1CCc2ccccc2O1)N1CCC(COc2ccc(C3CC3)nn2)CC1. The molecular formula is C23H27N3O3. The number of fused-ring (bicyclic) bond motifs is 1. The summed E-state index contributed by atoms with van der Waals surface area (Å²) in [7, 11) is 0. The summed E-state index contributed by atoms with van der Waals surface area (Å²) in [6.45, 7) is 2.16. The van der Waals surface area contributed by atoms with Crippen LogP contribution in [0, 0.1) is 5.92 Å². The highest BCUT2D eigenvalue weighted by atomic mass is 16.5. The third kappa shape index (κ3) is 4.21. The molecule has 6 nitrogen and oxygen atoms in total. The average Bonchev–Trinajstić information content (AvgIpc) is 3.63. The summed E-state index contributed by atoms with van der Waals surface area (Å²) < 4.78 is 11.8. The van der Waals surface area contributed by atoms with Crippen molar-refractivity contribution in [3.05, 3.63) is 47.7 Å². The van der Waals surface area contributed by atoms with Gasteiger partial charge in [-0.25, -0.2) is 0 Å². The molecule has 1 amide bonds. The van der Waals surface area contributed by atoms with Crippen LogP contribution < -0.4 is 9.47 Å². The van der Waals surface area contributed by atoms with Crippen LogP contribution in [0.3, 0.4) is 0 Å². The van der Waals surface area contributed by atoms with Gasteiger partial charge in [0.05, 0.1) is 12.3 Å². The molecule has 2 aromatic rings. The number of nitrogens with zero attached hydrogens (tertiary/aromatic N) is 3. The molecule has 6 heteroatoms. The fraction of sp³-hybridized carbons (Fsp3) is 0.522. The van der Waals surface area contributed by atoms with Crippen molar-refractivity contribution in [3.63, 3.8) is 0 Å². The van der Waals surface area contributed by atoms with Crippen molar-refractivity contribution in [3.8, 4) is 11.6 Å². The molecule has 3 heterocycles. The van der Waals surface area contributed by atoms with E-state index in [-0.39, 0.29) is 12.0 Å². The van der Waals surface area contributed by atoms with Gasteiger partial charge in [0.2, 0.25) is 5.88 Å². The van der Waals surface area contributed by atoms with Crippen LogP contribution in [0.25, 0.3) is 0 Å². The molecule has 152 valence electrons. The van der Waals surface area contributed by atoms with Crippen LogP contribution in [-0.4, -0.2) is 46.8 Å². The molecule has 0 bridgehead atoms. The van der Waals surface area contributed by atoms with E-state index < -0.39 is 0 Å². The van der Waals surface area contributed by atoms with Gasteiger partial charge in [-0.3, -0.25) is 4.79 Å². The van der Waals surface area contributed by atoms with Gasteiger partial charge in [0.1, 0.15) is 5.75 Å². The molecule has 1 saturated carbocycles. The van der Waals surface area contributed by atoms with E-state index in [1.54, 1.807) is 0 Å². The number of carbonyl (C=O) groups excluding carboxylic acids is 1. The number of likely N-dealkylation sites (tertiary alicyclic amines) is 1. The highest BCUT2D eigenvalue weighted by molar-refractivity contribution is 5.81. The Balaban J connectivity index is 1.08. The summed E-state index contributed by atoms with van der Waals surface area (Å²) in [5.41, 5.74) is 2.28. The van der Waals surface area contributed by atoms with Crippen LogP contribution >= 0.6 is 0 Å². The monoisotopic (exact) mass is 393 g/mol. The number of amides is 1. The lowest BCUT2D eigenvalue weighted by Crippen LogP contribution is -2.47. The van der Waals surface area contributed by atoms with E-state index >= 15 is 0 Å². The first kappa shape index (κ1) is 18.4. The van der Waals surface area contributed by atoms with Gasteiger partial charge in [0.25, 0.3) is 5.91 Å². The molecule has 0 radical (unpaired) electrons. The molecule has 1 aliphatic carbocycles. The number of rotatable bonds is 5. The van der Waals surface area contributed by atoms with E-state index in [2.05, 4.69) is 16.3 Å². The minimum Gasteiger partial charge on any atom is -0.480 e. The minimum absolute atomic E-state index is 0.125. The van der Waals surface area contributed by atoms with Crippen molar-refractivity contribution >= 4 is 5.91 Å². The van der Waals surface area contributed by atoms with Crippen molar-refractivity contribution in [1.29, 1.82) is 0 Å². The average molecular weight is 393 g/mol. The van der Waals surface area contributed by atoms with Gasteiger partial charge < -0.3 is 14.4 Å². The van der Waals surface area contributed by atoms with Gasteiger partial charge in [0, 0.05) is 25.1 Å². The standard InChI is InChI=1S/C23H27N3O3/c27-23(21-9-7-18-3-1-2-4-20(18)29-21)26-13-11-16(12-14-26)15-28-22-10-8-19(24-25-22)17-5-6-17/h1-4,8,10,16-17,21H,5-7,9,11-15H2. The zero-order valence-electron chi connectivity index (χ0n) is 16.6. The summed E-state index contributed by atoms with van der Waals surface area (Å²) in [5, 5.41) is 8.46. The fourth-order valence-electron chi connectivity index (χ4n) is 4.23. The molecule has 2 aliphatic heterocycles. The highest BCUT2D eigenvalue weighted by Crippen LogP contribution is 2.38. The number of benzene rings is 1. The van der Waals surface area contributed by atoms with E-state index in [1.807, 2.05) is 35.2 Å². The molecule has 3 aliphatic rings. The van der Waals surface area contributed by atoms with Crippen molar-refractivity contribution in [2.75, 3.05) is 19.7 Å². The maximum Gasteiger partial charge on any atom is 0.263 e. The maximum absolute atomic E-state index is 12.9. The van der Waals surface area contributed by atoms with Crippen LogP contribution in [0.1, 0.15) is 49.3 Å². The molecule has 1 aromatic heterocycles. The molecule has 0 N–H and O–H groups in total. The summed E-state index contributed by atoms with van der Waals surface area (Å²) in [5.74, 6) is 2.63. The van der Waals surface area contributed by atoms with Gasteiger partial charge in [0.15, 0.2) is 6.10 Å². The van der Waals surface area contributed by atoms with Crippen LogP contribution in [0.5, 0.6) is 11.6 Å². The Kier molecular flexibility index (Phi) is 5.08. The Bertz CT molecular complexity index is 858. The normalized spacial score (nSPS) is 21.9. The van der Waals surface area contributed by atoms with Gasteiger partial charge >= 0.3 is 0 Å². The van der Waals surface area contributed by atoms with E-state index in [0.717, 1.165) is 50.2 Å². The van der Waals surface area contributed by atoms with E-state index in [4.69, 9.17) is 9.47 Å². The summed E-state index contributed by atoms with van der Waals surface area (Å²) in [6, 6.07) is 12.0. The number of aryl methyl sites for hydroxylation is 1. The third-order valence-corrected chi connectivity index (χ3v) is 6.24. The first-order chi connectivity index (χ1) is 14.3. The maximum atomic E-state index is 12.9. The van der Waals surface area contributed by atoms with Crippen LogP contribution in [0.4, 0.5) is 0 Å². The lowest BCUT2D eigenvalue weighted by molar-refractivity contribution is -0.141. The molecule has 29 heavy (non-hydrogen) atoms. The van der Waals surface area contributed by atoms with Gasteiger partial charge in [-0.1, -0.05) is 18.2 Å². The molecule has 1 atom stereocenters. The summed E-state index contributed by atoms with van der Waals surface area (Å²) >= 11 is 0. The second-order valence-corrected chi connectivity index (χ2v) is 8.40. The minimum atomic E-state index is -0.349. The van der Waals surface area contributed by atoms with Gasteiger partial charge in [-0.2, -0.15) is 5.10 Å². The number of aromatic nitrogens is 2. The molecule has 5 rings (SSSR count). The van der Waals surface area contributed by atoms with Crippen LogP contribution in [-0.2, 0) is 11.2 Å². The first-order valence-corrected chi connectivity index (χ1v) is 10.8. The second-order valence-electron chi connectivity index (χ2n) is 8.40. The topological polar surface area (TPSA) is 64.5 Å². The number of hydrogen-bond donors (Lipinski definition) is 0. The predicted octanol–water partition coefficient (Wildman–Crippen LogP) is 3.37. The number of ether oxygens (including phenoxy) is 2. The lowest BCUT2D eigenvalue weighted by Gasteiger charge is -2.35. The molecular weight excluding hydrogens is 366 g/mol. The van der Waals surface area contributed by atoms with Crippen molar-refractivity contribution in [2.45, 2.75) is 50.5 Å². The lowest BCUT2D eigenvalue weighted by atomic mass is 9.96. The Morgan fingerprint density at radius 1 is 1.03 bits per heavy atom. The number of carbonyl (C=O) groups is 1. The van der Waals surface area contributed by atoms with E-state index in [1.165, 1.54) is 18.4 Å². The molecule has 1 aromatic carbocycles. The zero-order chi connectivity index (χ0) is 19.6. The Morgan fingerprint density at radius 3 is 2.62 bits per heavy atom. The Labute approximate surface area is 171 Å². The molecule has 0 spiro atoms. The van der Waals surface area contributed by atoms with Gasteiger partial charge in [-0.05, 0) is 62.1 Å². The largest absolute Gasteiger partial charge is 0.480 e.